The number of halogens is 1. The molecule has 3 nitrogen and oxygen atoms in total. The van der Waals surface area contributed by atoms with E-state index in [0.29, 0.717) is 18.5 Å². The SMILES string of the molecule is N=c1ccn(C[C@H](Cl)COc2ccccc2)cc1. The van der Waals surface area contributed by atoms with Gasteiger partial charge in [0.05, 0.1) is 10.7 Å². The van der Waals surface area contributed by atoms with E-state index < -0.39 is 0 Å². The normalized spacial score (nSPS) is 12.1. The number of hydrogen-bond acceptors (Lipinski definition) is 2. The van der Waals surface area contributed by atoms with Crippen molar-refractivity contribution >= 4 is 11.6 Å². The molecule has 0 fully saturated rings. The van der Waals surface area contributed by atoms with Gasteiger partial charge in [0.25, 0.3) is 0 Å². The minimum atomic E-state index is -0.105. The lowest BCUT2D eigenvalue weighted by Crippen LogP contribution is -2.19. The molecule has 1 atom stereocenters. The molecule has 0 saturated carbocycles. The molecule has 18 heavy (non-hydrogen) atoms. The van der Waals surface area contributed by atoms with Crippen LogP contribution >= 0.6 is 11.6 Å². The van der Waals surface area contributed by atoms with Gasteiger partial charge in [-0.3, -0.25) is 0 Å². The van der Waals surface area contributed by atoms with Crippen molar-refractivity contribution in [3.8, 4) is 5.75 Å². The molecule has 0 saturated heterocycles. The Morgan fingerprint density at radius 1 is 1.11 bits per heavy atom. The van der Waals surface area contributed by atoms with Gasteiger partial charge in [0.2, 0.25) is 0 Å². The lowest BCUT2D eigenvalue weighted by Gasteiger charge is -2.13. The van der Waals surface area contributed by atoms with Gasteiger partial charge in [-0.2, -0.15) is 0 Å². The van der Waals surface area contributed by atoms with Gasteiger partial charge < -0.3 is 14.7 Å². The van der Waals surface area contributed by atoms with Crippen LogP contribution in [0.25, 0.3) is 0 Å². The third kappa shape index (κ3) is 3.93. The molecule has 0 unspecified atom stereocenters. The molecule has 2 aromatic rings. The van der Waals surface area contributed by atoms with E-state index in [1.165, 1.54) is 0 Å². The summed E-state index contributed by atoms with van der Waals surface area (Å²) in [6, 6.07) is 13.1. The fraction of sp³-hybridized carbons (Fsp3) is 0.214. The maximum Gasteiger partial charge on any atom is 0.119 e. The van der Waals surface area contributed by atoms with E-state index in [4.69, 9.17) is 21.7 Å². The largest absolute Gasteiger partial charge is 0.492 e. The average molecular weight is 263 g/mol. The molecule has 0 spiro atoms. The van der Waals surface area contributed by atoms with Crippen molar-refractivity contribution < 1.29 is 4.74 Å². The first-order chi connectivity index (χ1) is 8.74. The molecule has 0 bridgehead atoms. The number of alkyl halides is 1. The highest BCUT2D eigenvalue weighted by atomic mass is 35.5. The molecular formula is C14H15ClN2O. The second-order valence-corrected chi connectivity index (χ2v) is 4.62. The van der Waals surface area contributed by atoms with Crippen LogP contribution in [-0.4, -0.2) is 16.6 Å². The topological polar surface area (TPSA) is 38.0 Å². The summed E-state index contributed by atoms with van der Waals surface area (Å²) in [6.45, 7) is 1.12. The van der Waals surface area contributed by atoms with Crippen LogP contribution in [0.4, 0.5) is 0 Å². The van der Waals surface area contributed by atoms with Gasteiger partial charge in [-0.05, 0) is 24.3 Å². The molecule has 94 valence electrons. The summed E-state index contributed by atoms with van der Waals surface area (Å²) in [6.07, 6.45) is 3.69. The maximum atomic E-state index is 7.40. The monoisotopic (exact) mass is 262 g/mol. The predicted octanol–water partition coefficient (Wildman–Crippen LogP) is 2.65. The second-order valence-electron chi connectivity index (χ2n) is 4.00. The molecule has 0 aliphatic rings. The molecule has 2 rings (SSSR count). The first-order valence-corrected chi connectivity index (χ1v) is 6.20. The van der Waals surface area contributed by atoms with Crippen LogP contribution in [0.2, 0.25) is 0 Å². The lowest BCUT2D eigenvalue weighted by molar-refractivity contribution is 0.305. The summed E-state index contributed by atoms with van der Waals surface area (Å²) in [7, 11) is 0. The van der Waals surface area contributed by atoms with Crippen LogP contribution in [0.1, 0.15) is 0 Å². The number of hydrogen-bond donors (Lipinski definition) is 1. The van der Waals surface area contributed by atoms with E-state index in [-0.39, 0.29) is 5.38 Å². The second kappa shape index (κ2) is 6.26. The van der Waals surface area contributed by atoms with Crippen LogP contribution < -0.4 is 10.1 Å². The highest BCUT2D eigenvalue weighted by molar-refractivity contribution is 6.20. The molecule has 1 aromatic carbocycles. The summed E-state index contributed by atoms with van der Waals surface area (Å²) >= 11 is 6.21. The van der Waals surface area contributed by atoms with E-state index in [9.17, 15) is 0 Å². The minimum absolute atomic E-state index is 0.105. The maximum absolute atomic E-state index is 7.40. The van der Waals surface area contributed by atoms with E-state index >= 15 is 0 Å². The van der Waals surface area contributed by atoms with E-state index in [1.54, 1.807) is 12.1 Å². The van der Waals surface area contributed by atoms with Crippen molar-refractivity contribution in [3.63, 3.8) is 0 Å². The van der Waals surface area contributed by atoms with Crippen molar-refractivity contribution in [1.82, 2.24) is 4.57 Å². The molecule has 0 aliphatic carbocycles. The number of rotatable bonds is 5. The third-order valence-electron chi connectivity index (χ3n) is 2.47. The molecular weight excluding hydrogens is 248 g/mol. The molecule has 1 heterocycles. The summed E-state index contributed by atoms with van der Waals surface area (Å²) < 4.78 is 7.53. The Morgan fingerprint density at radius 3 is 2.44 bits per heavy atom. The highest BCUT2D eigenvalue weighted by Crippen LogP contribution is 2.10. The van der Waals surface area contributed by atoms with Crippen molar-refractivity contribution in [3.05, 3.63) is 60.2 Å². The van der Waals surface area contributed by atoms with Gasteiger partial charge in [-0.1, -0.05) is 18.2 Å². The fourth-order valence-electron chi connectivity index (χ4n) is 1.56. The van der Waals surface area contributed by atoms with Crippen LogP contribution in [-0.2, 0) is 6.54 Å². The summed E-state index contributed by atoms with van der Waals surface area (Å²) in [5, 5.41) is 7.79. The summed E-state index contributed by atoms with van der Waals surface area (Å²) in [5.74, 6) is 0.828. The van der Waals surface area contributed by atoms with Crippen LogP contribution in [0, 0.1) is 5.41 Å². The van der Waals surface area contributed by atoms with Crippen molar-refractivity contribution in [1.29, 1.82) is 5.41 Å². The number of para-hydroxylation sites is 1. The third-order valence-corrected chi connectivity index (χ3v) is 2.74. The first-order valence-electron chi connectivity index (χ1n) is 5.76. The van der Waals surface area contributed by atoms with Gasteiger partial charge in [0.1, 0.15) is 12.4 Å². The molecule has 0 radical (unpaired) electrons. The van der Waals surface area contributed by atoms with Crippen LogP contribution in [0.15, 0.2) is 54.9 Å². The molecule has 0 amide bonds. The predicted molar refractivity (Wildman–Crippen MR) is 71.9 cm³/mol. The van der Waals surface area contributed by atoms with Gasteiger partial charge in [0, 0.05) is 18.9 Å². The van der Waals surface area contributed by atoms with Crippen molar-refractivity contribution in [2.24, 2.45) is 0 Å². The van der Waals surface area contributed by atoms with E-state index in [0.717, 1.165) is 5.75 Å². The Morgan fingerprint density at radius 2 is 1.78 bits per heavy atom. The van der Waals surface area contributed by atoms with E-state index in [2.05, 4.69) is 0 Å². The molecule has 0 aliphatic heterocycles. The summed E-state index contributed by atoms with van der Waals surface area (Å²) in [4.78, 5) is 0. The zero-order chi connectivity index (χ0) is 12.8. The zero-order valence-electron chi connectivity index (χ0n) is 9.92. The number of benzene rings is 1. The van der Waals surface area contributed by atoms with Crippen molar-refractivity contribution in [2.75, 3.05) is 6.61 Å². The molecule has 4 heteroatoms. The number of ether oxygens (including phenoxy) is 1. The fourth-order valence-corrected chi connectivity index (χ4v) is 1.79. The quantitative estimate of drug-likeness (QED) is 0.827. The number of nitrogens with one attached hydrogen (secondary N) is 1. The Hall–Kier alpha value is -1.74. The Balaban J connectivity index is 1.83. The standard InChI is InChI=1S/C14H15ClN2O/c15-12(10-17-8-6-13(16)7-9-17)11-18-14-4-2-1-3-5-14/h1-9,12,16H,10-11H2/t12-/m0/s1. The zero-order valence-corrected chi connectivity index (χ0v) is 10.7. The molecule has 1 aromatic heterocycles. The smallest absolute Gasteiger partial charge is 0.119 e. The highest BCUT2D eigenvalue weighted by Gasteiger charge is 2.05. The van der Waals surface area contributed by atoms with Crippen LogP contribution in [0.3, 0.4) is 0 Å². The van der Waals surface area contributed by atoms with Gasteiger partial charge in [-0.25, -0.2) is 0 Å². The molecule has 1 N–H and O–H groups in total. The van der Waals surface area contributed by atoms with Gasteiger partial charge in [0.15, 0.2) is 0 Å². The average Bonchev–Trinajstić information content (AvgIpc) is 2.40. The Kier molecular flexibility index (Phi) is 4.42. The van der Waals surface area contributed by atoms with Crippen molar-refractivity contribution in [2.45, 2.75) is 11.9 Å². The lowest BCUT2D eigenvalue weighted by atomic mass is 10.3. The van der Waals surface area contributed by atoms with E-state index in [1.807, 2.05) is 47.3 Å². The summed E-state index contributed by atoms with van der Waals surface area (Å²) in [5.41, 5.74) is 0. The number of nitrogens with zero attached hydrogens (tertiary/aromatic N) is 1. The Bertz CT molecular complexity index is 518. The van der Waals surface area contributed by atoms with Crippen LogP contribution in [0.5, 0.6) is 5.75 Å². The minimum Gasteiger partial charge on any atom is -0.492 e. The first kappa shape index (κ1) is 12.7. The Labute approximate surface area is 111 Å². The van der Waals surface area contributed by atoms with Gasteiger partial charge >= 0.3 is 0 Å². The van der Waals surface area contributed by atoms with Gasteiger partial charge in [-0.15, -0.1) is 11.6 Å². The number of aromatic nitrogens is 1. The number of pyridine rings is 1.